The summed E-state index contributed by atoms with van der Waals surface area (Å²) in [7, 11) is 0. The molecule has 0 radical (unpaired) electrons. The monoisotopic (exact) mass is 226 g/mol. The summed E-state index contributed by atoms with van der Waals surface area (Å²) in [5.74, 6) is -2.52. The Labute approximate surface area is 84.6 Å². The van der Waals surface area contributed by atoms with Crippen LogP contribution in [-0.2, 0) is 9.53 Å². The van der Waals surface area contributed by atoms with Crippen LogP contribution < -0.4 is 0 Å². The van der Waals surface area contributed by atoms with Crippen molar-refractivity contribution in [3.05, 3.63) is 0 Å². The Kier molecular flexibility index (Phi) is 5.94. The van der Waals surface area contributed by atoms with E-state index in [9.17, 15) is 22.4 Å². The molecule has 0 aromatic rings. The maximum atomic E-state index is 12.2. The average molecular weight is 226 g/mol. The lowest BCUT2D eigenvalue weighted by Gasteiger charge is -2.14. The minimum Gasteiger partial charge on any atom is -0.367 e. The summed E-state index contributed by atoms with van der Waals surface area (Å²) in [6.07, 6.45) is 1.23. The van der Waals surface area contributed by atoms with Crippen molar-refractivity contribution < 1.29 is 27.1 Å². The van der Waals surface area contributed by atoms with Crippen molar-refractivity contribution in [3.8, 4) is 12.3 Å². The normalized spacial score (nSPS) is 11.5. The van der Waals surface area contributed by atoms with Gasteiger partial charge in [-0.25, -0.2) is 8.78 Å². The molecule has 6 heteroatoms. The molecule has 86 valence electrons. The maximum Gasteiger partial charge on any atom is 0.330 e. The van der Waals surface area contributed by atoms with Gasteiger partial charge in [-0.3, -0.25) is 4.79 Å². The van der Waals surface area contributed by atoms with E-state index in [0.717, 1.165) is 0 Å². The number of rotatable bonds is 7. The highest BCUT2D eigenvalue weighted by Gasteiger charge is 2.41. The van der Waals surface area contributed by atoms with Gasteiger partial charge in [-0.2, -0.15) is 8.78 Å². The van der Waals surface area contributed by atoms with Crippen molar-refractivity contribution in [2.75, 3.05) is 13.2 Å². The van der Waals surface area contributed by atoms with Crippen LogP contribution in [0.1, 0.15) is 12.8 Å². The first-order valence-corrected chi connectivity index (χ1v) is 4.09. The molecule has 0 aromatic carbocycles. The van der Waals surface area contributed by atoms with Crippen LogP contribution in [0.5, 0.6) is 0 Å². The molecule has 2 nitrogen and oxygen atoms in total. The van der Waals surface area contributed by atoms with Gasteiger partial charge in [-0.05, 0) is 0 Å². The molecule has 0 unspecified atom stereocenters. The van der Waals surface area contributed by atoms with Crippen LogP contribution >= 0.6 is 0 Å². The minimum absolute atomic E-state index is 0.00322. The standard InChI is InChI=1S/C9H10F4O2/c1-2-3-4-7(14)5-15-6-9(12,13)8(10)11/h1,8H,3-6H2. The van der Waals surface area contributed by atoms with Gasteiger partial charge in [0.25, 0.3) is 0 Å². The number of hydrogen-bond donors (Lipinski definition) is 0. The highest BCUT2D eigenvalue weighted by atomic mass is 19.3. The Morgan fingerprint density at radius 3 is 2.53 bits per heavy atom. The maximum absolute atomic E-state index is 12.2. The largest absolute Gasteiger partial charge is 0.367 e. The van der Waals surface area contributed by atoms with Gasteiger partial charge in [0.2, 0.25) is 0 Å². The van der Waals surface area contributed by atoms with Crippen molar-refractivity contribution in [1.82, 2.24) is 0 Å². The Morgan fingerprint density at radius 2 is 2.07 bits per heavy atom. The third-order valence-electron chi connectivity index (χ3n) is 1.42. The van der Waals surface area contributed by atoms with Crippen molar-refractivity contribution in [2.45, 2.75) is 25.2 Å². The van der Waals surface area contributed by atoms with Crippen LogP contribution in [0.4, 0.5) is 17.6 Å². The lowest BCUT2D eigenvalue weighted by molar-refractivity contribution is -0.168. The first kappa shape index (κ1) is 13.9. The quantitative estimate of drug-likeness (QED) is 0.489. The molecule has 0 amide bonds. The number of alkyl halides is 4. The second-order valence-electron chi connectivity index (χ2n) is 2.80. The fraction of sp³-hybridized carbons (Fsp3) is 0.667. The van der Waals surface area contributed by atoms with Gasteiger partial charge in [0.05, 0.1) is 0 Å². The predicted octanol–water partition coefficient (Wildman–Crippen LogP) is 1.89. The molecule has 0 bridgehead atoms. The summed E-state index contributed by atoms with van der Waals surface area (Å²) >= 11 is 0. The molecule has 0 aliphatic heterocycles. The molecule has 0 atom stereocenters. The van der Waals surface area contributed by atoms with Crippen LogP contribution in [0.15, 0.2) is 0 Å². The lowest BCUT2D eigenvalue weighted by atomic mass is 10.2. The Morgan fingerprint density at radius 1 is 1.47 bits per heavy atom. The highest BCUT2D eigenvalue weighted by molar-refractivity contribution is 5.79. The number of terminal acetylenes is 1. The van der Waals surface area contributed by atoms with E-state index in [-0.39, 0.29) is 12.8 Å². The van der Waals surface area contributed by atoms with Crippen LogP contribution in [0, 0.1) is 12.3 Å². The summed E-state index contributed by atoms with van der Waals surface area (Å²) in [6, 6.07) is 0. The van der Waals surface area contributed by atoms with Crippen LogP contribution in [0.3, 0.4) is 0 Å². The van der Waals surface area contributed by atoms with Crippen LogP contribution in [0.2, 0.25) is 0 Å². The molecule has 0 aliphatic carbocycles. The first-order chi connectivity index (χ1) is 6.90. The molecular weight excluding hydrogens is 216 g/mol. The Balaban J connectivity index is 3.71. The molecule has 0 heterocycles. The van der Waals surface area contributed by atoms with E-state index in [2.05, 4.69) is 10.7 Å². The zero-order chi connectivity index (χ0) is 11.9. The zero-order valence-electron chi connectivity index (χ0n) is 7.81. The molecule has 0 aromatic heterocycles. The number of ketones is 1. The molecular formula is C9H10F4O2. The van der Waals surface area contributed by atoms with E-state index in [4.69, 9.17) is 6.42 Å². The van der Waals surface area contributed by atoms with E-state index in [1.165, 1.54) is 0 Å². The van der Waals surface area contributed by atoms with Gasteiger partial charge >= 0.3 is 12.3 Å². The average Bonchev–Trinajstić information content (AvgIpc) is 2.14. The molecule has 0 rings (SSSR count). The molecule has 0 saturated carbocycles. The second-order valence-corrected chi connectivity index (χ2v) is 2.80. The number of carbonyl (C=O) groups excluding carboxylic acids is 1. The fourth-order valence-electron chi connectivity index (χ4n) is 0.648. The lowest BCUT2D eigenvalue weighted by Crippen LogP contribution is -2.33. The first-order valence-electron chi connectivity index (χ1n) is 4.09. The van der Waals surface area contributed by atoms with E-state index in [1.807, 2.05) is 0 Å². The predicted molar refractivity (Wildman–Crippen MR) is 44.8 cm³/mol. The SMILES string of the molecule is C#CCCC(=O)COCC(F)(F)C(F)F. The molecule has 0 spiro atoms. The number of halogens is 4. The van der Waals surface area contributed by atoms with Gasteiger partial charge in [0.15, 0.2) is 5.78 Å². The molecule has 0 fully saturated rings. The topological polar surface area (TPSA) is 26.3 Å². The van der Waals surface area contributed by atoms with Gasteiger partial charge < -0.3 is 4.74 Å². The van der Waals surface area contributed by atoms with Crippen molar-refractivity contribution >= 4 is 5.78 Å². The Bertz CT molecular complexity index is 245. The minimum atomic E-state index is -4.22. The van der Waals surface area contributed by atoms with E-state index in [1.54, 1.807) is 0 Å². The van der Waals surface area contributed by atoms with E-state index >= 15 is 0 Å². The van der Waals surface area contributed by atoms with Gasteiger partial charge in [0, 0.05) is 12.8 Å². The number of carbonyl (C=O) groups is 1. The smallest absolute Gasteiger partial charge is 0.330 e. The van der Waals surface area contributed by atoms with Crippen molar-refractivity contribution in [2.24, 2.45) is 0 Å². The van der Waals surface area contributed by atoms with Gasteiger partial charge in [-0.1, -0.05) is 0 Å². The Hall–Kier alpha value is -1.09. The fourth-order valence-corrected chi connectivity index (χ4v) is 0.648. The summed E-state index contributed by atoms with van der Waals surface area (Å²) in [5, 5.41) is 0. The molecule has 15 heavy (non-hydrogen) atoms. The highest BCUT2D eigenvalue weighted by Crippen LogP contribution is 2.22. The number of ether oxygens (including phenoxy) is 1. The van der Waals surface area contributed by atoms with E-state index < -0.39 is 31.3 Å². The van der Waals surface area contributed by atoms with E-state index in [0.29, 0.717) is 0 Å². The van der Waals surface area contributed by atoms with Crippen LogP contribution in [0.25, 0.3) is 0 Å². The second kappa shape index (κ2) is 6.40. The van der Waals surface area contributed by atoms with Crippen molar-refractivity contribution in [3.63, 3.8) is 0 Å². The van der Waals surface area contributed by atoms with Crippen LogP contribution in [-0.4, -0.2) is 31.3 Å². The molecule has 0 aliphatic rings. The van der Waals surface area contributed by atoms with Gasteiger partial charge in [0.1, 0.15) is 13.2 Å². The van der Waals surface area contributed by atoms with Crippen molar-refractivity contribution in [1.29, 1.82) is 0 Å². The number of hydrogen-bond acceptors (Lipinski definition) is 2. The summed E-state index contributed by atoms with van der Waals surface area (Å²) in [6.45, 7) is -2.09. The molecule has 0 N–H and O–H groups in total. The van der Waals surface area contributed by atoms with Gasteiger partial charge in [-0.15, -0.1) is 12.3 Å². The zero-order valence-corrected chi connectivity index (χ0v) is 7.81. The third kappa shape index (κ3) is 6.07. The summed E-state index contributed by atoms with van der Waals surface area (Å²) in [4.78, 5) is 10.8. The third-order valence-corrected chi connectivity index (χ3v) is 1.42. The summed E-state index contributed by atoms with van der Waals surface area (Å²) in [5.41, 5.74) is 0. The number of Topliss-reactive ketones (excluding diaryl/α,β-unsaturated/α-hetero) is 1. The summed E-state index contributed by atoms with van der Waals surface area (Å²) < 4.78 is 51.8. The molecule has 0 saturated heterocycles.